The molecule has 1 N–H and O–H groups in total. The molecule has 126 valence electrons. The highest BCUT2D eigenvalue weighted by Gasteiger charge is 2.10. The zero-order valence-electron chi connectivity index (χ0n) is 13.6. The van der Waals surface area contributed by atoms with E-state index in [1.807, 2.05) is 0 Å². The molecule has 1 amide bonds. The van der Waals surface area contributed by atoms with Gasteiger partial charge in [-0.25, -0.2) is 0 Å². The molecule has 0 saturated heterocycles. The van der Waals surface area contributed by atoms with Gasteiger partial charge in [-0.15, -0.1) is 0 Å². The Bertz CT molecular complexity index is 524. The summed E-state index contributed by atoms with van der Waals surface area (Å²) >= 11 is 0. The monoisotopic (exact) mass is 321 g/mol. The summed E-state index contributed by atoms with van der Waals surface area (Å²) in [4.78, 5) is 34.1. The molecule has 0 aliphatic carbocycles. The third-order valence-electron chi connectivity index (χ3n) is 3.21. The summed E-state index contributed by atoms with van der Waals surface area (Å²) in [6.07, 6.45) is 2.59. The number of amides is 1. The van der Waals surface area contributed by atoms with E-state index in [4.69, 9.17) is 9.47 Å². The summed E-state index contributed by atoms with van der Waals surface area (Å²) in [5, 5.41) is 2.69. The molecule has 23 heavy (non-hydrogen) atoms. The van der Waals surface area contributed by atoms with Gasteiger partial charge in [0, 0.05) is 25.5 Å². The molecule has 0 unspecified atom stereocenters. The molecule has 0 spiro atoms. The first-order valence-corrected chi connectivity index (χ1v) is 7.60. The van der Waals surface area contributed by atoms with Gasteiger partial charge in [0.05, 0.1) is 7.11 Å². The first-order chi connectivity index (χ1) is 11.0. The van der Waals surface area contributed by atoms with Crippen LogP contribution >= 0.6 is 0 Å². The lowest BCUT2D eigenvalue weighted by molar-refractivity contribution is -0.142. The first kappa shape index (κ1) is 18.7. The summed E-state index contributed by atoms with van der Waals surface area (Å²) in [6, 6.07) is 6.64. The van der Waals surface area contributed by atoms with Crippen LogP contribution in [0.3, 0.4) is 0 Å². The number of carbonyl (C=O) groups is 3. The average molecular weight is 321 g/mol. The zero-order valence-corrected chi connectivity index (χ0v) is 13.6. The number of esters is 1. The number of hydrogen-bond donors (Lipinski definition) is 1. The number of methoxy groups -OCH3 is 1. The van der Waals surface area contributed by atoms with E-state index >= 15 is 0 Å². The lowest BCUT2D eigenvalue weighted by Gasteiger charge is -2.05. The van der Waals surface area contributed by atoms with E-state index in [-0.39, 0.29) is 30.7 Å². The fourth-order valence-electron chi connectivity index (χ4n) is 1.91. The molecule has 0 bridgehead atoms. The van der Waals surface area contributed by atoms with Gasteiger partial charge in [0.15, 0.2) is 12.4 Å². The van der Waals surface area contributed by atoms with Crippen LogP contribution in [0.5, 0.6) is 5.75 Å². The first-order valence-electron chi connectivity index (χ1n) is 7.60. The number of rotatable bonds is 10. The smallest absolute Gasteiger partial charge is 0.306 e. The molecule has 1 aromatic carbocycles. The molecule has 0 atom stereocenters. The number of carbonyl (C=O) groups excluding carboxylic acids is 3. The maximum absolute atomic E-state index is 11.9. The SMILES string of the molecule is COc1ccc(C(=O)COC(=O)CCCCCNC(C)=O)cc1. The Balaban J connectivity index is 2.17. The number of hydrogen-bond acceptors (Lipinski definition) is 5. The summed E-state index contributed by atoms with van der Waals surface area (Å²) in [5.74, 6) is -0.0164. The Hall–Kier alpha value is -2.37. The molecular formula is C17H23NO5. The fraction of sp³-hybridized carbons (Fsp3) is 0.471. The molecule has 1 aromatic rings. The van der Waals surface area contributed by atoms with E-state index in [2.05, 4.69) is 5.32 Å². The van der Waals surface area contributed by atoms with Gasteiger partial charge in [0.25, 0.3) is 0 Å². The van der Waals surface area contributed by atoms with Crippen molar-refractivity contribution in [2.24, 2.45) is 0 Å². The largest absolute Gasteiger partial charge is 0.497 e. The molecule has 6 nitrogen and oxygen atoms in total. The van der Waals surface area contributed by atoms with Gasteiger partial charge in [-0.3, -0.25) is 14.4 Å². The number of ether oxygens (including phenoxy) is 2. The van der Waals surface area contributed by atoms with Crippen molar-refractivity contribution in [3.05, 3.63) is 29.8 Å². The second-order valence-electron chi connectivity index (χ2n) is 5.11. The van der Waals surface area contributed by atoms with E-state index in [0.29, 0.717) is 24.3 Å². The lowest BCUT2D eigenvalue weighted by atomic mass is 10.1. The molecule has 0 aliphatic heterocycles. The summed E-state index contributed by atoms with van der Waals surface area (Å²) in [7, 11) is 1.55. The van der Waals surface area contributed by atoms with Crippen LogP contribution < -0.4 is 10.1 Å². The second kappa shape index (κ2) is 10.4. The third kappa shape index (κ3) is 7.99. The van der Waals surface area contributed by atoms with E-state index in [9.17, 15) is 14.4 Å². The van der Waals surface area contributed by atoms with Gasteiger partial charge in [-0.05, 0) is 37.1 Å². The number of ketones is 1. The van der Waals surface area contributed by atoms with Gasteiger partial charge in [0.1, 0.15) is 5.75 Å². The molecule has 0 radical (unpaired) electrons. The Kier molecular flexibility index (Phi) is 8.42. The maximum atomic E-state index is 11.9. The Morgan fingerprint density at radius 3 is 2.35 bits per heavy atom. The summed E-state index contributed by atoms with van der Waals surface area (Å²) in [5.41, 5.74) is 0.480. The van der Waals surface area contributed by atoms with Crippen molar-refractivity contribution in [1.82, 2.24) is 5.32 Å². The van der Waals surface area contributed by atoms with E-state index < -0.39 is 0 Å². The van der Waals surface area contributed by atoms with Gasteiger partial charge in [0.2, 0.25) is 5.91 Å². The molecule has 6 heteroatoms. The van der Waals surface area contributed by atoms with E-state index in [1.54, 1.807) is 31.4 Å². The molecule has 0 aromatic heterocycles. The van der Waals surface area contributed by atoms with Crippen LogP contribution in [0.25, 0.3) is 0 Å². The van der Waals surface area contributed by atoms with E-state index in [0.717, 1.165) is 12.8 Å². The van der Waals surface area contributed by atoms with Crippen LogP contribution in [0.2, 0.25) is 0 Å². The molecule has 1 rings (SSSR count). The van der Waals surface area contributed by atoms with Crippen LogP contribution in [-0.4, -0.2) is 37.9 Å². The highest BCUT2D eigenvalue weighted by atomic mass is 16.5. The van der Waals surface area contributed by atoms with Gasteiger partial charge in [-0.1, -0.05) is 6.42 Å². The Labute approximate surface area is 136 Å². The van der Waals surface area contributed by atoms with Gasteiger partial charge < -0.3 is 14.8 Å². The number of nitrogens with one attached hydrogen (secondary N) is 1. The standard InChI is InChI=1S/C17H23NO5/c1-13(19)18-11-5-3-4-6-17(21)23-12-16(20)14-7-9-15(22-2)10-8-14/h7-10H,3-6,11-12H2,1-2H3,(H,18,19). The zero-order chi connectivity index (χ0) is 17.1. The highest BCUT2D eigenvalue weighted by Crippen LogP contribution is 2.12. The minimum atomic E-state index is -0.383. The van der Waals surface area contributed by atoms with Crippen molar-refractivity contribution in [2.45, 2.75) is 32.6 Å². The topological polar surface area (TPSA) is 81.7 Å². The van der Waals surface area contributed by atoms with Crippen molar-refractivity contribution in [3.8, 4) is 5.75 Å². The Morgan fingerprint density at radius 2 is 1.74 bits per heavy atom. The summed E-state index contributed by atoms with van der Waals surface area (Å²) in [6.45, 7) is 1.83. The quantitative estimate of drug-likeness (QED) is 0.405. The normalized spacial score (nSPS) is 10.0. The number of Topliss-reactive ketones (excluding diaryl/α,β-unsaturated/α-hetero) is 1. The Morgan fingerprint density at radius 1 is 1.04 bits per heavy atom. The average Bonchev–Trinajstić information content (AvgIpc) is 2.55. The van der Waals surface area contributed by atoms with Crippen LogP contribution in [0, 0.1) is 0 Å². The van der Waals surface area contributed by atoms with Crippen LogP contribution in [-0.2, 0) is 14.3 Å². The number of benzene rings is 1. The van der Waals surface area contributed by atoms with Gasteiger partial charge in [-0.2, -0.15) is 0 Å². The van der Waals surface area contributed by atoms with Crippen LogP contribution in [0.4, 0.5) is 0 Å². The maximum Gasteiger partial charge on any atom is 0.306 e. The van der Waals surface area contributed by atoms with Crippen LogP contribution in [0.15, 0.2) is 24.3 Å². The highest BCUT2D eigenvalue weighted by molar-refractivity contribution is 5.98. The fourth-order valence-corrected chi connectivity index (χ4v) is 1.91. The molecular weight excluding hydrogens is 298 g/mol. The van der Waals surface area contributed by atoms with Crippen LogP contribution in [0.1, 0.15) is 43.0 Å². The molecule has 0 fully saturated rings. The minimum Gasteiger partial charge on any atom is -0.497 e. The molecule has 0 saturated carbocycles. The number of unbranched alkanes of at least 4 members (excludes halogenated alkanes) is 2. The third-order valence-corrected chi connectivity index (χ3v) is 3.21. The minimum absolute atomic E-state index is 0.0542. The predicted molar refractivity (Wildman–Crippen MR) is 85.4 cm³/mol. The molecule has 0 aliphatic rings. The lowest BCUT2D eigenvalue weighted by Crippen LogP contribution is -2.20. The predicted octanol–water partition coefficient (Wildman–Crippen LogP) is 2.12. The second-order valence-corrected chi connectivity index (χ2v) is 5.11. The summed E-state index contributed by atoms with van der Waals surface area (Å²) < 4.78 is 9.98. The van der Waals surface area contributed by atoms with Crippen molar-refractivity contribution < 1.29 is 23.9 Å². The molecule has 0 heterocycles. The van der Waals surface area contributed by atoms with Crippen molar-refractivity contribution >= 4 is 17.7 Å². The van der Waals surface area contributed by atoms with Crippen molar-refractivity contribution in [2.75, 3.05) is 20.3 Å². The van der Waals surface area contributed by atoms with Gasteiger partial charge >= 0.3 is 5.97 Å². The van der Waals surface area contributed by atoms with Crippen molar-refractivity contribution in [3.63, 3.8) is 0 Å². The van der Waals surface area contributed by atoms with Crippen molar-refractivity contribution in [1.29, 1.82) is 0 Å². The van der Waals surface area contributed by atoms with E-state index in [1.165, 1.54) is 6.92 Å².